The van der Waals surface area contributed by atoms with Crippen molar-refractivity contribution in [1.82, 2.24) is 4.31 Å². The second kappa shape index (κ2) is 4.75. The summed E-state index contributed by atoms with van der Waals surface area (Å²) in [5.41, 5.74) is 5.70. The number of nitrogens with two attached hydrogens (primary N) is 1. The molecule has 0 aliphatic heterocycles. The normalized spacial score (nSPS) is 12.3. The van der Waals surface area contributed by atoms with Crippen molar-refractivity contribution in [2.75, 3.05) is 19.3 Å². The summed E-state index contributed by atoms with van der Waals surface area (Å²) < 4.78 is 48.3. The molecule has 1 aromatic rings. The Hall–Kier alpha value is -1.21. The number of sulfonamides is 1. The van der Waals surface area contributed by atoms with E-state index >= 15 is 0 Å². The van der Waals surface area contributed by atoms with Gasteiger partial charge in [0.1, 0.15) is 0 Å². The van der Waals surface area contributed by atoms with E-state index in [4.69, 9.17) is 5.73 Å². The third kappa shape index (κ3) is 2.89. The second-order valence-electron chi connectivity index (χ2n) is 3.25. The van der Waals surface area contributed by atoms with Crippen LogP contribution in [0.3, 0.4) is 0 Å². The van der Waals surface area contributed by atoms with Crippen LogP contribution in [0, 0.1) is 0 Å². The number of benzene rings is 1. The lowest BCUT2D eigenvalue weighted by Crippen LogP contribution is -2.31. The minimum absolute atomic E-state index is 0.0874. The number of rotatable bonds is 4. The molecule has 0 aliphatic rings. The molecule has 4 nitrogen and oxygen atoms in total. The lowest BCUT2D eigenvalue weighted by molar-refractivity contribution is 0.126. The molecule has 0 radical (unpaired) electrons. The number of hydrogen-bond donors (Lipinski definition) is 1. The zero-order chi connectivity index (χ0) is 12.3. The molecule has 0 unspecified atom stereocenters. The van der Waals surface area contributed by atoms with Gasteiger partial charge >= 0.3 is 0 Å². The fraction of sp³-hybridized carbons (Fsp3) is 0.333. The molecule has 1 aromatic carbocycles. The van der Waals surface area contributed by atoms with E-state index < -0.39 is 23.0 Å². The van der Waals surface area contributed by atoms with E-state index in [2.05, 4.69) is 0 Å². The van der Waals surface area contributed by atoms with Crippen LogP contribution >= 0.6 is 0 Å². The van der Waals surface area contributed by atoms with Crippen LogP contribution in [-0.2, 0) is 10.0 Å². The Balaban J connectivity index is 3.02. The summed E-state index contributed by atoms with van der Waals surface area (Å²) in [6, 6.07) is 5.52. The van der Waals surface area contributed by atoms with Gasteiger partial charge in [-0.15, -0.1) is 0 Å². The molecule has 0 fully saturated rings. The lowest BCUT2D eigenvalue weighted by atomic mass is 10.3. The van der Waals surface area contributed by atoms with Gasteiger partial charge in [0.2, 0.25) is 10.0 Å². The Morgan fingerprint density at radius 2 is 2.06 bits per heavy atom. The topological polar surface area (TPSA) is 63.4 Å². The number of alkyl halides is 2. The van der Waals surface area contributed by atoms with Crippen molar-refractivity contribution in [1.29, 1.82) is 0 Å². The number of halogens is 2. The molecule has 0 bridgehead atoms. The molecular weight excluding hydrogens is 238 g/mol. The molecule has 2 N–H and O–H groups in total. The highest BCUT2D eigenvalue weighted by Crippen LogP contribution is 2.17. The van der Waals surface area contributed by atoms with Gasteiger partial charge in [0, 0.05) is 12.7 Å². The molecule has 0 spiro atoms. The first kappa shape index (κ1) is 12.9. The Morgan fingerprint density at radius 3 is 2.56 bits per heavy atom. The summed E-state index contributed by atoms with van der Waals surface area (Å²) in [5, 5.41) is 0. The third-order valence-electron chi connectivity index (χ3n) is 1.96. The molecule has 0 amide bonds. The number of hydrogen-bond acceptors (Lipinski definition) is 3. The van der Waals surface area contributed by atoms with Gasteiger partial charge in [0.25, 0.3) is 6.43 Å². The molecule has 1 rings (SSSR count). The number of nitrogens with zero attached hydrogens (tertiary/aromatic N) is 1. The first-order valence-electron chi connectivity index (χ1n) is 4.44. The van der Waals surface area contributed by atoms with Gasteiger partial charge in [-0.2, -0.15) is 4.31 Å². The minimum Gasteiger partial charge on any atom is -0.399 e. The van der Waals surface area contributed by atoms with Crippen molar-refractivity contribution in [2.45, 2.75) is 11.3 Å². The lowest BCUT2D eigenvalue weighted by Gasteiger charge is -2.16. The van der Waals surface area contributed by atoms with Crippen molar-refractivity contribution >= 4 is 15.7 Å². The predicted molar refractivity (Wildman–Crippen MR) is 56.7 cm³/mol. The maximum atomic E-state index is 12.1. The quantitative estimate of drug-likeness (QED) is 0.815. The highest BCUT2D eigenvalue weighted by molar-refractivity contribution is 7.89. The average molecular weight is 250 g/mol. The van der Waals surface area contributed by atoms with E-state index in [1.54, 1.807) is 0 Å². The van der Waals surface area contributed by atoms with Crippen LogP contribution in [0.2, 0.25) is 0 Å². The maximum Gasteiger partial charge on any atom is 0.252 e. The van der Waals surface area contributed by atoms with Crippen LogP contribution < -0.4 is 5.73 Å². The van der Waals surface area contributed by atoms with Crippen molar-refractivity contribution in [3.05, 3.63) is 24.3 Å². The van der Waals surface area contributed by atoms with Crippen LogP contribution in [0.15, 0.2) is 29.2 Å². The van der Waals surface area contributed by atoms with E-state index in [1.165, 1.54) is 24.3 Å². The van der Waals surface area contributed by atoms with Crippen molar-refractivity contribution in [2.24, 2.45) is 0 Å². The van der Waals surface area contributed by atoms with Crippen LogP contribution in [-0.4, -0.2) is 32.7 Å². The van der Waals surface area contributed by atoms with E-state index in [0.717, 1.165) is 7.05 Å². The van der Waals surface area contributed by atoms with Crippen LogP contribution in [0.1, 0.15) is 0 Å². The highest BCUT2D eigenvalue weighted by atomic mass is 32.2. The highest BCUT2D eigenvalue weighted by Gasteiger charge is 2.23. The fourth-order valence-corrected chi connectivity index (χ4v) is 2.35. The Morgan fingerprint density at radius 1 is 1.44 bits per heavy atom. The fourth-order valence-electron chi connectivity index (χ4n) is 1.15. The second-order valence-corrected chi connectivity index (χ2v) is 5.29. The van der Waals surface area contributed by atoms with Gasteiger partial charge < -0.3 is 5.73 Å². The molecule has 0 heterocycles. The minimum atomic E-state index is -3.88. The van der Waals surface area contributed by atoms with Gasteiger partial charge in [-0.25, -0.2) is 17.2 Å². The Labute approximate surface area is 92.7 Å². The molecule has 0 aromatic heterocycles. The Bertz CT molecular complexity index is 462. The molecule has 0 atom stereocenters. The summed E-state index contributed by atoms with van der Waals surface area (Å²) in [6.07, 6.45) is -2.71. The van der Waals surface area contributed by atoms with Crippen LogP contribution in [0.4, 0.5) is 14.5 Å². The molecule has 0 saturated carbocycles. The zero-order valence-corrected chi connectivity index (χ0v) is 9.42. The summed E-state index contributed by atoms with van der Waals surface area (Å²) in [4.78, 5) is -0.0874. The van der Waals surface area contributed by atoms with E-state index in [-0.39, 0.29) is 10.6 Å². The smallest absolute Gasteiger partial charge is 0.252 e. The first-order chi connectivity index (χ1) is 7.34. The summed E-state index contributed by atoms with van der Waals surface area (Å²) in [7, 11) is -2.78. The SMILES string of the molecule is CN(CC(F)F)S(=O)(=O)c1cccc(N)c1. The number of nitrogen functional groups attached to an aromatic ring is 1. The largest absolute Gasteiger partial charge is 0.399 e. The molecule has 0 saturated heterocycles. The summed E-state index contributed by atoms with van der Waals surface area (Å²) in [5.74, 6) is 0. The Kier molecular flexibility index (Phi) is 3.82. The van der Waals surface area contributed by atoms with Crippen molar-refractivity contribution in [3.8, 4) is 0 Å². The zero-order valence-electron chi connectivity index (χ0n) is 8.60. The molecule has 16 heavy (non-hydrogen) atoms. The van der Waals surface area contributed by atoms with Crippen LogP contribution in [0.25, 0.3) is 0 Å². The van der Waals surface area contributed by atoms with Crippen molar-refractivity contribution in [3.63, 3.8) is 0 Å². The van der Waals surface area contributed by atoms with E-state index in [0.29, 0.717) is 4.31 Å². The summed E-state index contributed by atoms with van der Waals surface area (Å²) in [6.45, 7) is -0.836. The molecule has 0 aliphatic carbocycles. The summed E-state index contributed by atoms with van der Waals surface area (Å²) >= 11 is 0. The van der Waals surface area contributed by atoms with Crippen LogP contribution in [0.5, 0.6) is 0 Å². The van der Waals surface area contributed by atoms with Crippen molar-refractivity contribution < 1.29 is 17.2 Å². The maximum absolute atomic E-state index is 12.1. The molecule has 7 heteroatoms. The van der Waals surface area contributed by atoms with Gasteiger partial charge in [-0.3, -0.25) is 0 Å². The standard InChI is InChI=1S/C9H12F2N2O2S/c1-13(6-9(10)11)16(14,15)8-4-2-3-7(12)5-8/h2-5,9H,6,12H2,1H3. The van der Waals surface area contributed by atoms with Gasteiger partial charge in [-0.1, -0.05) is 6.07 Å². The predicted octanol–water partition coefficient (Wildman–Crippen LogP) is 1.15. The van der Waals surface area contributed by atoms with Gasteiger partial charge in [0.15, 0.2) is 0 Å². The van der Waals surface area contributed by atoms with E-state index in [9.17, 15) is 17.2 Å². The first-order valence-corrected chi connectivity index (χ1v) is 5.88. The molecule has 90 valence electrons. The third-order valence-corrected chi connectivity index (χ3v) is 3.78. The van der Waals surface area contributed by atoms with Gasteiger partial charge in [-0.05, 0) is 18.2 Å². The van der Waals surface area contributed by atoms with Gasteiger partial charge in [0.05, 0.1) is 11.4 Å². The van der Waals surface area contributed by atoms with E-state index in [1.807, 2.05) is 0 Å². The molecular formula is C9H12F2N2O2S. The number of anilines is 1. The monoisotopic (exact) mass is 250 g/mol. The average Bonchev–Trinajstić information content (AvgIpc) is 2.16.